The highest BCUT2D eigenvalue weighted by Crippen LogP contribution is 2.24. The molecule has 2 rings (SSSR count). The van der Waals surface area contributed by atoms with Crippen LogP contribution in [0.2, 0.25) is 0 Å². The molecule has 0 saturated heterocycles. The van der Waals surface area contributed by atoms with E-state index < -0.39 is 10.0 Å². The molecule has 0 aromatic heterocycles. The zero-order chi connectivity index (χ0) is 13.0. The normalized spacial score (nSPS) is 15.2. The average molecular weight is 267 g/mol. The number of nitrogens with one attached hydrogen (secondary N) is 1. The van der Waals surface area contributed by atoms with Crippen molar-refractivity contribution >= 4 is 15.7 Å². The third-order valence-corrected chi connectivity index (χ3v) is 4.76. The highest BCUT2D eigenvalue weighted by atomic mass is 32.2. The Kier molecular flexibility index (Phi) is 4.27. The number of fused-ring (bicyclic) bond motifs is 1. The molecule has 1 aliphatic carbocycles. The molecule has 0 aliphatic heterocycles. The fourth-order valence-electron chi connectivity index (χ4n) is 2.36. The van der Waals surface area contributed by atoms with Crippen molar-refractivity contribution in [2.45, 2.75) is 45.4 Å². The lowest BCUT2D eigenvalue weighted by Gasteiger charge is -2.17. The number of unbranched alkanes of at least 4 members (excludes halogenated alkanes) is 1. The van der Waals surface area contributed by atoms with Crippen molar-refractivity contribution < 1.29 is 8.42 Å². The summed E-state index contributed by atoms with van der Waals surface area (Å²) in [6.07, 6.45) is 6.25. The second-order valence-electron chi connectivity index (χ2n) is 4.97. The van der Waals surface area contributed by atoms with E-state index in [1.54, 1.807) is 0 Å². The average Bonchev–Trinajstić information content (AvgIpc) is 2.36. The highest BCUT2D eigenvalue weighted by molar-refractivity contribution is 7.92. The summed E-state index contributed by atoms with van der Waals surface area (Å²) in [4.78, 5) is 0. The van der Waals surface area contributed by atoms with Crippen LogP contribution in [0.15, 0.2) is 18.2 Å². The predicted molar refractivity (Wildman–Crippen MR) is 75.4 cm³/mol. The summed E-state index contributed by atoms with van der Waals surface area (Å²) in [5, 5.41) is 0. The number of sulfonamides is 1. The molecular formula is C14H21NO2S. The fourth-order valence-corrected chi connectivity index (χ4v) is 3.62. The molecule has 1 aromatic rings. The molecule has 0 unspecified atom stereocenters. The summed E-state index contributed by atoms with van der Waals surface area (Å²) < 4.78 is 26.3. The van der Waals surface area contributed by atoms with Gasteiger partial charge in [0.1, 0.15) is 0 Å². The Morgan fingerprint density at radius 3 is 2.61 bits per heavy atom. The van der Waals surface area contributed by atoms with E-state index in [-0.39, 0.29) is 5.75 Å². The van der Waals surface area contributed by atoms with Gasteiger partial charge in [0.05, 0.1) is 5.75 Å². The first-order valence-electron chi connectivity index (χ1n) is 6.73. The molecular weight excluding hydrogens is 246 g/mol. The number of rotatable bonds is 5. The second-order valence-corrected chi connectivity index (χ2v) is 6.81. The lowest BCUT2D eigenvalue weighted by molar-refractivity contribution is 0.598. The van der Waals surface area contributed by atoms with Gasteiger partial charge in [0, 0.05) is 5.69 Å². The third kappa shape index (κ3) is 3.48. The van der Waals surface area contributed by atoms with E-state index in [0.29, 0.717) is 12.1 Å². The summed E-state index contributed by atoms with van der Waals surface area (Å²) in [6.45, 7) is 1.99. The SMILES string of the molecule is CCCCS(=O)(=O)Nc1ccc2c(c1)CCCC2. The molecule has 0 radical (unpaired) electrons. The molecule has 0 spiro atoms. The van der Waals surface area contributed by atoms with Crippen LogP contribution in [0.5, 0.6) is 0 Å². The minimum Gasteiger partial charge on any atom is -0.284 e. The summed E-state index contributed by atoms with van der Waals surface area (Å²) in [7, 11) is -3.17. The van der Waals surface area contributed by atoms with E-state index in [0.717, 1.165) is 19.3 Å². The number of aryl methyl sites for hydroxylation is 2. The largest absolute Gasteiger partial charge is 0.284 e. The van der Waals surface area contributed by atoms with Crippen molar-refractivity contribution in [3.05, 3.63) is 29.3 Å². The maximum atomic E-state index is 11.8. The van der Waals surface area contributed by atoms with Crippen LogP contribution in [-0.2, 0) is 22.9 Å². The smallest absolute Gasteiger partial charge is 0.232 e. The molecule has 4 heteroatoms. The van der Waals surface area contributed by atoms with E-state index in [1.165, 1.54) is 24.0 Å². The van der Waals surface area contributed by atoms with Crippen LogP contribution in [0.3, 0.4) is 0 Å². The van der Waals surface area contributed by atoms with E-state index in [9.17, 15) is 8.42 Å². The van der Waals surface area contributed by atoms with Gasteiger partial charge in [-0.2, -0.15) is 0 Å². The highest BCUT2D eigenvalue weighted by Gasteiger charge is 2.13. The van der Waals surface area contributed by atoms with Gasteiger partial charge in [-0.1, -0.05) is 19.4 Å². The van der Waals surface area contributed by atoms with Gasteiger partial charge in [0.2, 0.25) is 10.0 Å². The van der Waals surface area contributed by atoms with Crippen LogP contribution >= 0.6 is 0 Å². The number of hydrogen-bond acceptors (Lipinski definition) is 2. The topological polar surface area (TPSA) is 46.2 Å². The second kappa shape index (κ2) is 5.74. The minimum absolute atomic E-state index is 0.209. The van der Waals surface area contributed by atoms with Crippen LogP contribution in [0, 0.1) is 0 Å². The van der Waals surface area contributed by atoms with Gasteiger partial charge in [-0.05, 0) is 55.4 Å². The molecule has 100 valence electrons. The molecule has 3 nitrogen and oxygen atoms in total. The molecule has 0 amide bonds. The maximum absolute atomic E-state index is 11.8. The minimum atomic E-state index is -3.17. The Hall–Kier alpha value is -1.03. The van der Waals surface area contributed by atoms with Crippen molar-refractivity contribution in [2.75, 3.05) is 10.5 Å². The van der Waals surface area contributed by atoms with Crippen molar-refractivity contribution in [1.29, 1.82) is 0 Å². The van der Waals surface area contributed by atoms with Crippen LogP contribution in [0.4, 0.5) is 5.69 Å². The van der Waals surface area contributed by atoms with Gasteiger partial charge in [0.25, 0.3) is 0 Å². The number of anilines is 1. The molecule has 0 saturated carbocycles. The standard InChI is InChI=1S/C14H21NO2S/c1-2-3-10-18(16,17)15-14-9-8-12-6-4-5-7-13(12)11-14/h8-9,11,15H,2-7,10H2,1H3. The van der Waals surface area contributed by atoms with Crippen LogP contribution in [-0.4, -0.2) is 14.2 Å². The summed E-state index contributed by atoms with van der Waals surface area (Å²) >= 11 is 0. The van der Waals surface area contributed by atoms with Gasteiger partial charge in [-0.3, -0.25) is 4.72 Å². The Bertz CT molecular complexity index is 509. The van der Waals surface area contributed by atoms with E-state index in [4.69, 9.17) is 0 Å². The fraction of sp³-hybridized carbons (Fsp3) is 0.571. The Balaban J connectivity index is 2.10. The van der Waals surface area contributed by atoms with Gasteiger partial charge < -0.3 is 0 Å². The van der Waals surface area contributed by atoms with Crippen molar-refractivity contribution in [1.82, 2.24) is 0 Å². The first-order chi connectivity index (χ1) is 8.61. The zero-order valence-corrected chi connectivity index (χ0v) is 11.7. The van der Waals surface area contributed by atoms with E-state index in [1.807, 2.05) is 19.1 Å². The Morgan fingerprint density at radius 1 is 1.17 bits per heavy atom. The molecule has 1 aliphatic rings. The van der Waals surface area contributed by atoms with Crippen LogP contribution in [0.25, 0.3) is 0 Å². The predicted octanol–water partition coefficient (Wildman–Crippen LogP) is 3.11. The van der Waals surface area contributed by atoms with Crippen molar-refractivity contribution in [3.63, 3.8) is 0 Å². The lowest BCUT2D eigenvalue weighted by atomic mass is 9.91. The monoisotopic (exact) mass is 267 g/mol. The van der Waals surface area contributed by atoms with Gasteiger partial charge in [-0.15, -0.1) is 0 Å². The summed E-state index contributed by atoms with van der Waals surface area (Å²) in [5.74, 6) is 0.209. The van der Waals surface area contributed by atoms with Gasteiger partial charge >= 0.3 is 0 Å². The molecule has 0 heterocycles. The quantitative estimate of drug-likeness (QED) is 0.891. The molecule has 18 heavy (non-hydrogen) atoms. The maximum Gasteiger partial charge on any atom is 0.232 e. The Morgan fingerprint density at radius 2 is 1.89 bits per heavy atom. The van der Waals surface area contributed by atoms with Crippen LogP contribution < -0.4 is 4.72 Å². The number of hydrogen-bond donors (Lipinski definition) is 1. The zero-order valence-electron chi connectivity index (χ0n) is 10.9. The molecule has 1 aromatic carbocycles. The molecule has 0 atom stereocenters. The molecule has 0 bridgehead atoms. The first kappa shape index (κ1) is 13.4. The third-order valence-electron chi connectivity index (χ3n) is 3.39. The molecule has 0 fully saturated rings. The molecule has 1 N–H and O–H groups in total. The summed E-state index contributed by atoms with van der Waals surface area (Å²) in [5.41, 5.74) is 3.39. The van der Waals surface area contributed by atoms with Crippen molar-refractivity contribution in [2.24, 2.45) is 0 Å². The van der Waals surface area contributed by atoms with Crippen molar-refractivity contribution in [3.8, 4) is 0 Å². The van der Waals surface area contributed by atoms with E-state index in [2.05, 4.69) is 10.8 Å². The van der Waals surface area contributed by atoms with Crippen LogP contribution in [0.1, 0.15) is 43.7 Å². The summed E-state index contributed by atoms with van der Waals surface area (Å²) in [6, 6.07) is 5.94. The Labute approximate surface area is 110 Å². The lowest BCUT2D eigenvalue weighted by Crippen LogP contribution is -2.17. The van der Waals surface area contributed by atoms with E-state index >= 15 is 0 Å². The number of benzene rings is 1. The first-order valence-corrected chi connectivity index (χ1v) is 8.38. The van der Waals surface area contributed by atoms with Gasteiger partial charge in [-0.25, -0.2) is 8.42 Å². The van der Waals surface area contributed by atoms with Gasteiger partial charge in [0.15, 0.2) is 0 Å².